The van der Waals surface area contributed by atoms with Gasteiger partial charge in [0, 0.05) is 6.04 Å². The van der Waals surface area contributed by atoms with E-state index in [-0.39, 0.29) is 11.1 Å². The summed E-state index contributed by atoms with van der Waals surface area (Å²) in [5.41, 5.74) is 0. The number of hydrogen-bond acceptors (Lipinski definition) is 4. The quantitative estimate of drug-likeness (QED) is 0.771. The average Bonchev–Trinajstić information content (AvgIpc) is 3.08. The van der Waals surface area contributed by atoms with Crippen LogP contribution in [-0.4, -0.2) is 21.0 Å². The molecule has 0 amide bonds. The summed E-state index contributed by atoms with van der Waals surface area (Å²) in [5.74, 6) is 1.67. The summed E-state index contributed by atoms with van der Waals surface area (Å²) in [6.07, 6.45) is 2.21. The van der Waals surface area contributed by atoms with E-state index in [2.05, 4.69) is 23.9 Å². The van der Waals surface area contributed by atoms with Crippen molar-refractivity contribution < 1.29 is 12.8 Å². The fourth-order valence-corrected chi connectivity index (χ4v) is 3.34. The lowest BCUT2D eigenvalue weighted by Gasteiger charge is -2.11. The molecule has 0 saturated heterocycles. The maximum Gasteiger partial charge on any atom is 0.274 e. The van der Waals surface area contributed by atoms with Crippen LogP contribution in [0.3, 0.4) is 0 Å². The molecule has 1 heterocycles. The molecular weight excluding hydrogens is 276 g/mol. The van der Waals surface area contributed by atoms with Crippen LogP contribution in [0.1, 0.15) is 39.4 Å². The Bertz CT molecular complexity index is 532. The van der Waals surface area contributed by atoms with Crippen molar-refractivity contribution >= 4 is 10.0 Å². The van der Waals surface area contributed by atoms with Crippen LogP contribution >= 0.6 is 0 Å². The first-order valence-electron chi connectivity index (χ1n) is 7.20. The maximum absolute atomic E-state index is 12.1. The van der Waals surface area contributed by atoms with Crippen molar-refractivity contribution in [2.75, 3.05) is 6.54 Å². The fraction of sp³-hybridized carbons (Fsp3) is 0.714. The Morgan fingerprint density at radius 2 is 2.00 bits per heavy atom. The van der Waals surface area contributed by atoms with Gasteiger partial charge < -0.3 is 9.73 Å². The van der Waals surface area contributed by atoms with Crippen LogP contribution in [0.2, 0.25) is 0 Å². The maximum atomic E-state index is 12.1. The van der Waals surface area contributed by atoms with Gasteiger partial charge in [0.05, 0.1) is 6.54 Å². The van der Waals surface area contributed by atoms with Gasteiger partial charge in [-0.25, -0.2) is 13.1 Å². The molecule has 1 aliphatic carbocycles. The van der Waals surface area contributed by atoms with E-state index in [1.54, 1.807) is 6.07 Å². The third kappa shape index (κ3) is 4.33. The zero-order chi connectivity index (χ0) is 14.8. The molecule has 1 saturated carbocycles. The van der Waals surface area contributed by atoms with Crippen molar-refractivity contribution in [1.82, 2.24) is 10.0 Å². The van der Waals surface area contributed by atoms with Crippen molar-refractivity contribution in [2.24, 2.45) is 11.8 Å². The number of sulfonamides is 1. The number of nitrogens with one attached hydrogen (secondary N) is 2. The summed E-state index contributed by atoms with van der Waals surface area (Å²) in [6.45, 7) is 7.57. The van der Waals surface area contributed by atoms with Crippen LogP contribution in [0.4, 0.5) is 0 Å². The van der Waals surface area contributed by atoms with Gasteiger partial charge in [-0.2, -0.15) is 0 Å². The first-order valence-corrected chi connectivity index (χ1v) is 8.68. The highest BCUT2D eigenvalue weighted by atomic mass is 32.2. The molecule has 2 N–H and O–H groups in total. The van der Waals surface area contributed by atoms with E-state index in [9.17, 15) is 8.42 Å². The van der Waals surface area contributed by atoms with Crippen LogP contribution < -0.4 is 10.0 Å². The molecule has 2 rings (SSSR count). The van der Waals surface area contributed by atoms with E-state index in [1.165, 1.54) is 6.07 Å². The Kier molecular flexibility index (Phi) is 4.88. The van der Waals surface area contributed by atoms with E-state index in [4.69, 9.17) is 4.42 Å². The highest BCUT2D eigenvalue weighted by Crippen LogP contribution is 2.33. The zero-order valence-electron chi connectivity index (χ0n) is 12.3. The van der Waals surface area contributed by atoms with Gasteiger partial charge in [0.1, 0.15) is 5.76 Å². The summed E-state index contributed by atoms with van der Waals surface area (Å²) < 4.78 is 32.4. The molecule has 1 unspecified atom stereocenters. The largest absolute Gasteiger partial charge is 0.447 e. The summed E-state index contributed by atoms with van der Waals surface area (Å²) in [4.78, 5) is 0. The molecule has 0 aromatic carbocycles. The minimum Gasteiger partial charge on any atom is -0.447 e. The van der Waals surface area contributed by atoms with Crippen molar-refractivity contribution in [1.29, 1.82) is 0 Å². The van der Waals surface area contributed by atoms with Crippen molar-refractivity contribution in [2.45, 2.75) is 51.3 Å². The predicted octanol–water partition coefficient (Wildman–Crippen LogP) is 2.10. The molecule has 1 aromatic heterocycles. The summed E-state index contributed by atoms with van der Waals surface area (Å²) in [7, 11) is -3.53. The lowest BCUT2D eigenvalue weighted by Crippen LogP contribution is -2.33. The number of furan rings is 1. The Morgan fingerprint density at radius 3 is 2.60 bits per heavy atom. The first kappa shape index (κ1) is 15.5. The average molecular weight is 300 g/mol. The van der Waals surface area contributed by atoms with Gasteiger partial charge in [-0.15, -0.1) is 0 Å². The highest BCUT2D eigenvalue weighted by molar-refractivity contribution is 7.89. The summed E-state index contributed by atoms with van der Waals surface area (Å²) in [6, 6.07) is 3.21. The Balaban J connectivity index is 1.92. The molecule has 0 radical (unpaired) electrons. The molecule has 20 heavy (non-hydrogen) atoms. The van der Waals surface area contributed by atoms with Gasteiger partial charge in [-0.05, 0) is 50.3 Å². The summed E-state index contributed by atoms with van der Waals surface area (Å²) >= 11 is 0. The van der Waals surface area contributed by atoms with Crippen LogP contribution in [0.15, 0.2) is 21.6 Å². The standard InChI is InChI=1S/C14H24N2O3S/c1-10(2)8-15-9-13-6-7-14(19-13)20(17,18)16-11(3)12-4-5-12/h6-7,10-12,15-16H,4-5,8-9H2,1-3H3. The third-order valence-corrected chi connectivity index (χ3v) is 4.86. The molecule has 6 heteroatoms. The lowest BCUT2D eigenvalue weighted by molar-refractivity contribution is 0.392. The second-order valence-corrected chi connectivity index (χ2v) is 7.64. The molecule has 5 nitrogen and oxygen atoms in total. The first-order chi connectivity index (χ1) is 9.38. The third-order valence-electron chi connectivity index (χ3n) is 3.42. The Hall–Kier alpha value is -0.850. The van der Waals surface area contributed by atoms with E-state index in [1.807, 2.05) is 6.92 Å². The molecule has 1 atom stereocenters. The van der Waals surface area contributed by atoms with Crippen molar-refractivity contribution in [3.8, 4) is 0 Å². The van der Waals surface area contributed by atoms with Crippen molar-refractivity contribution in [3.63, 3.8) is 0 Å². The molecule has 0 aliphatic heterocycles. The lowest BCUT2D eigenvalue weighted by atomic mass is 10.2. The normalized spacial score (nSPS) is 17.6. The molecular formula is C14H24N2O3S. The van der Waals surface area contributed by atoms with Gasteiger partial charge in [0.25, 0.3) is 10.0 Å². The van der Waals surface area contributed by atoms with Crippen LogP contribution in [0.25, 0.3) is 0 Å². The topological polar surface area (TPSA) is 71.3 Å². The van der Waals surface area contributed by atoms with Gasteiger partial charge in [-0.1, -0.05) is 13.8 Å². The molecule has 0 bridgehead atoms. The predicted molar refractivity (Wildman–Crippen MR) is 77.8 cm³/mol. The molecule has 1 aliphatic rings. The molecule has 0 spiro atoms. The fourth-order valence-electron chi connectivity index (χ4n) is 2.08. The minimum atomic E-state index is -3.53. The second-order valence-electron chi connectivity index (χ2n) is 5.99. The minimum absolute atomic E-state index is 0.00588. The highest BCUT2D eigenvalue weighted by Gasteiger charge is 2.32. The molecule has 114 valence electrons. The molecule has 1 aromatic rings. The molecule has 1 fully saturated rings. The van der Waals surface area contributed by atoms with Crippen molar-refractivity contribution in [3.05, 3.63) is 17.9 Å². The zero-order valence-corrected chi connectivity index (χ0v) is 13.2. The second kappa shape index (κ2) is 6.28. The number of hydrogen-bond donors (Lipinski definition) is 2. The van der Waals surface area contributed by atoms with Crippen LogP contribution in [0.5, 0.6) is 0 Å². The van der Waals surface area contributed by atoms with Gasteiger partial charge in [-0.3, -0.25) is 0 Å². The van der Waals surface area contributed by atoms with Gasteiger partial charge in [0.15, 0.2) is 0 Å². The SMILES string of the molecule is CC(C)CNCc1ccc(S(=O)(=O)NC(C)C2CC2)o1. The Labute approximate surface area is 121 Å². The van der Waals surface area contributed by atoms with E-state index in [0.29, 0.717) is 24.1 Å². The van der Waals surface area contributed by atoms with E-state index < -0.39 is 10.0 Å². The van der Waals surface area contributed by atoms with Crippen LogP contribution in [-0.2, 0) is 16.6 Å². The van der Waals surface area contributed by atoms with E-state index in [0.717, 1.165) is 19.4 Å². The van der Waals surface area contributed by atoms with E-state index >= 15 is 0 Å². The van der Waals surface area contributed by atoms with Gasteiger partial charge in [0.2, 0.25) is 5.09 Å². The Morgan fingerprint density at radius 1 is 1.30 bits per heavy atom. The monoisotopic (exact) mass is 300 g/mol. The smallest absolute Gasteiger partial charge is 0.274 e. The van der Waals surface area contributed by atoms with Crippen LogP contribution in [0, 0.1) is 11.8 Å². The summed E-state index contributed by atoms with van der Waals surface area (Å²) in [5, 5.41) is 3.23. The van der Waals surface area contributed by atoms with Gasteiger partial charge >= 0.3 is 0 Å². The number of rotatable bonds is 8.